The summed E-state index contributed by atoms with van der Waals surface area (Å²) in [5.74, 6) is -0.0247. The summed E-state index contributed by atoms with van der Waals surface area (Å²) in [6.45, 7) is 0. The van der Waals surface area contributed by atoms with Crippen molar-refractivity contribution in [3.05, 3.63) is 42.2 Å². The summed E-state index contributed by atoms with van der Waals surface area (Å²) in [5.41, 5.74) is 14.2. The van der Waals surface area contributed by atoms with E-state index in [4.69, 9.17) is 15.9 Å². The minimum Gasteiger partial charge on any atom is -0.436 e. The standard InChI is InChI=1S/C13H10FN3O/c14-7-1-4-12-11(5-7)17-13(18-12)9-6-8(15)2-3-10(9)16/h1-6H,15-16H2. The molecule has 0 fully saturated rings. The molecule has 4 nitrogen and oxygen atoms in total. The van der Waals surface area contributed by atoms with Crippen LogP contribution in [0.3, 0.4) is 0 Å². The molecule has 4 N–H and O–H groups in total. The topological polar surface area (TPSA) is 78.1 Å². The van der Waals surface area contributed by atoms with Crippen LogP contribution in [0.15, 0.2) is 40.8 Å². The fourth-order valence-corrected chi connectivity index (χ4v) is 1.77. The zero-order chi connectivity index (χ0) is 12.7. The minimum absolute atomic E-state index is 0.334. The van der Waals surface area contributed by atoms with E-state index in [-0.39, 0.29) is 5.82 Å². The van der Waals surface area contributed by atoms with Crippen molar-refractivity contribution in [2.75, 3.05) is 11.5 Å². The van der Waals surface area contributed by atoms with Gasteiger partial charge in [0.2, 0.25) is 5.89 Å². The van der Waals surface area contributed by atoms with Crippen LogP contribution in [0.4, 0.5) is 15.8 Å². The van der Waals surface area contributed by atoms with Crippen LogP contribution in [-0.2, 0) is 0 Å². The Bertz CT molecular complexity index is 736. The number of fused-ring (bicyclic) bond motifs is 1. The molecule has 0 radical (unpaired) electrons. The van der Waals surface area contributed by atoms with Crippen LogP contribution in [0, 0.1) is 5.82 Å². The van der Waals surface area contributed by atoms with Gasteiger partial charge in [-0.05, 0) is 30.3 Å². The van der Waals surface area contributed by atoms with Crippen LogP contribution >= 0.6 is 0 Å². The Hall–Kier alpha value is -2.56. The van der Waals surface area contributed by atoms with Crippen LogP contribution in [-0.4, -0.2) is 4.98 Å². The lowest BCUT2D eigenvalue weighted by atomic mass is 10.1. The molecule has 0 unspecified atom stereocenters. The quantitative estimate of drug-likeness (QED) is 0.644. The summed E-state index contributed by atoms with van der Waals surface area (Å²) in [7, 11) is 0. The predicted octanol–water partition coefficient (Wildman–Crippen LogP) is 2.80. The van der Waals surface area contributed by atoms with E-state index in [0.29, 0.717) is 33.9 Å². The summed E-state index contributed by atoms with van der Waals surface area (Å²) < 4.78 is 18.6. The second-order valence-corrected chi connectivity index (χ2v) is 3.98. The van der Waals surface area contributed by atoms with E-state index in [9.17, 15) is 4.39 Å². The summed E-state index contributed by atoms with van der Waals surface area (Å²) in [6, 6.07) is 9.21. The highest BCUT2D eigenvalue weighted by molar-refractivity contribution is 5.80. The number of nitrogens with zero attached hydrogens (tertiary/aromatic N) is 1. The zero-order valence-electron chi connectivity index (χ0n) is 9.35. The minimum atomic E-state index is -0.358. The highest BCUT2D eigenvalue weighted by Crippen LogP contribution is 2.30. The smallest absolute Gasteiger partial charge is 0.229 e. The van der Waals surface area contributed by atoms with Gasteiger partial charge in [-0.25, -0.2) is 9.37 Å². The summed E-state index contributed by atoms with van der Waals surface area (Å²) in [4.78, 5) is 4.20. The van der Waals surface area contributed by atoms with Crippen molar-refractivity contribution in [1.82, 2.24) is 4.98 Å². The molecule has 0 aliphatic heterocycles. The molecule has 1 heterocycles. The zero-order valence-corrected chi connectivity index (χ0v) is 9.35. The third-order valence-corrected chi connectivity index (χ3v) is 2.66. The number of rotatable bonds is 1. The first-order valence-corrected chi connectivity index (χ1v) is 5.35. The second-order valence-electron chi connectivity index (χ2n) is 3.98. The van der Waals surface area contributed by atoms with Crippen molar-refractivity contribution in [3.63, 3.8) is 0 Å². The van der Waals surface area contributed by atoms with Crippen molar-refractivity contribution in [2.45, 2.75) is 0 Å². The Morgan fingerprint density at radius 3 is 2.72 bits per heavy atom. The first kappa shape index (κ1) is 10.6. The Labute approximate surface area is 102 Å². The number of halogens is 1. The fraction of sp³-hybridized carbons (Fsp3) is 0. The number of benzene rings is 2. The number of hydrogen-bond acceptors (Lipinski definition) is 4. The number of nitrogen functional groups attached to an aromatic ring is 2. The van der Waals surface area contributed by atoms with Crippen molar-refractivity contribution in [1.29, 1.82) is 0 Å². The Balaban J connectivity index is 2.22. The molecule has 0 aliphatic rings. The van der Waals surface area contributed by atoms with Crippen LogP contribution in [0.2, 0.25) is 0 Å². The maximum Gasteiger partial charge on any atom is 0.229 e. The van der Waals surface area contributed by atoms with Gasteiger partial charge in [0.15, 0.2) is 5.58 Å². The lowest BCUT2D eigenvalue weighted by Gasteiger charge is -2.01. The van der Waals surface area contributed by atoms with Crippen LogP contribution in [0.1, 0.15) is 0 Å². The molecule has 18 heavy (non-hydrogen) atoms. The SMILES string of the molecule is Nc1ccc(N)c(-c2nc3cc(F)ccc3o2)c1. The van der Waals surface area contributed by atoms with Gasteiger partial charge in [0, 0.05) is 17.4 Å². The van der Waals surface area contributed by atoms with E-state index in [1.807, 2.05) is 0 Å². The Morgan fingerprint density at radius 2 is 1.89 bits per heavy atom. The molecule has 0 bridgehead atoms. The first-order chi connectivity index (χ1) is 8.63. The average Bonchev–Trinajstić information content (AvgIpc) is 2.74. The van der Waals surface area contributed by atoms with E-state index in [0.717, 1.165) is 0 Å². The van der Waals surface area contributed by atoms with Crippen molar-refractivity contribution in [2.24, 2.45) is 0 Å². The van der Waals surface area contributed by atoms with E-state index >= 15 is 0 Å². The Kier molecular flexibility index (Phi) is 2.19. The number of anilines is 2. The fourth-order valence-electron chi connectivity index (χ4n) is 1.77. The first-order valence-electron chi connectivity index (χ1n) is 5.35. The Morgan fingerprint density at radius 1 is 1.06 bits per heavy atom. The highest BCUT2D eigenvalue weighted by Gasteiger charge is 2.11. The lowest BCUT2D eigenvalue weighted by molar-refractivity contribution is 0.614. The van der Waals surface area contributed by atoms with Gasteiger partial charge in [0.1, 0.15) is 11.3 Å². The molecule has 0 saturated heterocycles. The summed E-state index contributed by atoms with van der Waals surface area (Å²) in [5, 5.41) is 0. The van der Waals surface area contributed by atoms with Gasteiger partial charge in [0.05, 0.1) is 5.56 Å². The summed E-state index contributed by atoms with van der Waals surface area (Å²) >= 11 is 0. The number of oxazole rings is 1. The van der Waals surface area contributed by atoms with E-state index in [1.165, 1.54) is 18.2 Å². The molecule has 0 atom stereocenters. The molecular weight excluding hydrogens is 233 g/mol. The molecule has 5 heteroatoms. The van der Waals surface area contributed by atoms with Gasteiger partial charge in [0.25, 0.3) is 0 Å². The van der Waals surface area contributed by atoms with Gasteiger partial charge in [-0.2, -0.15) is 0 Å². The predicted molar refractivity (Wildman–Crippen MR) is 68.2 cm³/mol. The van der Waals surface area contributed by atoms with Crippen LogP contribution in [0.25, 0.3) is 22.6 Å². The molecule has 0 aliphatic carbocycles. The van der Waals surface area contributed by atoms with E-state index in [1.54, 1.807) is 18.2 Å². The van der Waals surface area contributed by atoms with Crippen LogP contribution in [0.5, 0.6) is 0 Å². The van der Waals surface area contributed by atoms with Crippen LogP contribution < -0.4 is 11.5 Å². The molecule has 1 aromatic heterocycles. The monoisotopic (exact) mass is 243 g/mol. The molecule has 0 spiro atoms. The molecule has 0 saturated carbocycles. The van der Waals surface area contributed by atoms with Gasteiger partial charge in [-0.3, -0.25) is 0 Å². The summed E-state index contributed by atoms with van der Waals surface area (Å²) in [6.07, 6.45) is 0. The lowest BCUT2D eigenvalue weighted by Crippen LogP contribution is -1.92. The van der Waals surface area contributed by atoms with E-state index < -0.39 is 0 Å². The molecule has 0 amide bonds. The number of aromatic nitrogens is 1. The normalized spacial score (nSPS) is 10.9. The molecule has 2 aromatic carbocycles. The van der Waals surface area contributed by atoms with Crippen molar-refractivity contribution >= 4 is 22.5 Å². The average molecular weight is 243 g/mol. The maximum absolute atomic E-state index is 13.1. The highest BCUT2D eigenvalue weighted by atomic mass is 19.1. The van der Waals surface area contributed by atoms with Gasteiger partial charge < -0.3 is 15.9 Å². The van der Waals surface area contributed by atoms with Gasteiger partial charge in [-0.1, -0.05) is 0 Å². The molecule has 90 valence electrons. The maximum atomic E-state index is 13.1. The third-order valence-electron chi connectivity index (χ3n) is 2.66. The molecular formula is C13H10FN3O. The largest absolute Gasteiger partial charge is 0.436 e. The molecule has 3 rings (SSSR count). The number of nitrogens with two attached hydrogens (primary N) is 2. The number of hydrogen-bond donors (Lipinski definition) is 2. The van der Waals surface area contributed by atoms with Gasteiger partial charge in [-0.15, -0.1) is 0 Å². The third kappa shape index (κ3) is 1.66. The van der Waals surface area contributed by atoms with Crippen molar-refractivity contribution in [3.8, 4) is 11.5 Å². The molecule has 3 aromatic rings. The van der Waals surface area contributed by atoms with Gasteiger partial charge >= 0.3 is 0 Å². The van der Waals surface area contributed by atoms with Crippen molar-refractivity contribution < 1.29 is 8.81 Å². The second kappa shape index (κ2) is 3.73. The van der Waals surface area contributed by atoms with E-state index in [2.05, 4.69) is 4.98 Å².